The zero-order valence-corrected chi connectivity index (χ0v) is 11.9. The molecule has 4 heteroatoms. The van der Waals surface area contributed by atoms with Crippen LogP contribution in [0.5, 0.6) is 0 Å². The van der Waals surface area contributed by atoms with Crippen molar-refractivity contribution in [2.45, 2.75) is 25.4 Å². The number of hydrogen-bond donors (Lipinski definition) is 1. The highest BCUT2D eigenvalue weighted by molar-refractivity contribution is 7.16. The van der Waals surface area contributed by atoms with Gasteiger partial charge in [0.25, 0.3) is 0 Å². The molecular weight excluding hydrogens is 266 g/mol. The Kier molecular flexibility index (Phi) is 2.98. The molecule has 0 saturated heterocycles. The summed E-state index contributed by atoms with van der Waals surface area (Å²) in [7, 11) is 0. The Balaban J connectivity index is 1.51. The number of fused-ring (bicyclic) bond motifs is 2. The molecule has 3 aromatic rings. The van der Waals surface area contributed by atoms with E-state index in [2.05, 4.69) is 39.6 Å². The molecule has 1 aromatic carbocycles. The van der Waals surface area contributed by atoms with Crippen molar-refractivity contribution < 1.29 is 0 Å². The van der Waals surface area contributed by atoms with E-state index in [1.807, 2.05) is 17.8 Å². The van der Waals surface area contributed by atoms with Crippen LogP contribution in [0.1, 0.15) is 29.3 Å². The molecule has 0 spiro atoms. The first-order valence-corrected chi connectivity index (χ1v) is 7.77. The van der Waals surface area contributed by atoms with Gasteiger partial charge in [-0.05, 0) is 42.2 Å². The second-order valence-electron chi connectivity index (χ2n) is 5.17. The van der Waals surface area contributed by atoms with Gasteiger partial charge in [0.1, 0.15) is 0 Å². The number of aryl methyl sites for hydroxylation is 1. The van der Waals surface area contributed by atoms with Crippen LogP contribution in [0.15, 0.2) is 42.0 Å². The first kappa shape index (κ1) is 12.0. The molecule has 1 aliphatic rings. The molecule has 1 atom stereocenters. The van der Waals surface area contributed by atoms with Gasteiger partial charge in [0.2, 0.25) is 0 Å². The number of benzene rings is 1. The second kappa shape index (κ2) is 4.96. The van der Waals surface area contributed by atoms with Gasteiger partial charge < -0.3 is 5.32 Å². The molecule has 3 nitrogen and oxygen atoms in total. The lowest BCUT2D eigenvalue weighted by Gasteiger charge is -2.13. The topological polar surface area (TPSA) is 37.8 Å². The fourth-order valence-electron chi connectivity index (χ4n) is 2.87. The Labute approximate surface area is 121 Å². The van der Waals surface area contributed by atoms with Gasteiger partial charge >= 0.3 is 0 Å². The molecule has 0 fully saturated rings. The Bertz CT molecular complexity index is 750. The Morgan fingerprint density at radius 1 is 1.25 bits per heavy atom. The van der Waals surface area contributed by atoms with E-state index < -0.39 is 0 Å². The molecule has 0 aliphatic heterocycles. The van der Waals surface area contributed by atoms with Gasteiger partial charge in [-0.15, -0.1) is 11.3 Å². The largest absolute Gasteiger partial charge is 0.304 e. The molecule has 4 rings (SSSR count). The van der Waals surface area contributed by atoms with Crippen molar-refractivity contribution in [2.75, 3.05) is 0 Å². The summed E-state index contributed by atoms with van der Waals surface area (Å²) < 4.78 is 1.25. The maximum atomic E-state index is 4.52. The van der Waals surface area contributed by atoms with Gasteiger partial charge in [-0.2, -0.15) is 0 Å². The lowest BCUT2D eigenvalue weighted by molar-refractivity contribution is 0.521. The van der Waals surface area contributed by atoms with E-state index in [1.54, 1.807) is 11.3 Å². The number of pyridine rings is 1. The zero-order valence-electron chi connectivity index (χ0n) is 11.0. The summed E-state index contributed by atoms with van der Waals surface area (Å²) in [5, 5.41) is 3.62. The third-order valence-corrected chi connectivity index (χ3v) is 4.72. The SMILES string of the molecule is c1cnc2c(c1)CCC2NCc1ccc2scnc2c1. The summed E-state index contributed by atoms with van der Waals surface area (Å²) in [6, 6.07) is 11.1. The minimum Gasteiger partial charge on any atom is -0.304 e. The number of rotatable bonds is 3. The minimum absolute atomic E-state index is 0.386. The average molecular weight is 281 g/mol. The Hall–Kier alpha value is -1.78. The van der Waals surface area contributed by atoms with Crippen LogP contribution in [-0.4, -0.2) is 9.97 Å². The van der Waals surface area contributed by atoms with Gasteiger partial charge in [0, 0.05) is 12.7 Å². The standard InChI is InChI=1S/C16H15N3S/c1-2-12-4-5-13(16(12)17-7-1)18-9-11-3-6-15-14(8-11)19-10-20-15/h1-3,6-8,10,13,18H,4-5,9H2. The molecule has 0 amide bonds. The van der Waals surface area contributed by atoms with Crippen molar-refractivity contribution >= 4 is 21.6 Å². The lowest BCUT2D eigenvalue weighted by Crippen LogP contribution is -2.19. The number of thiazole rings is 1. The molecular formula is C16H15N3S. The van der Waals surface area contributed by atoms with Crippen LogP contribution in [0.4, 0.5) is 0 Å². The van der Waals surface area contributed by atoms with Crippen LogP contribution in [0.3, 0.4) is 0 Å². The number of nitrogens with one attached hydrogen (secondary N) is 1. The summed E-state index contributed by atoms with van der Waals surface area (Å²) in [5.41, 5.74) is 6.90. The molecule has 0 bridgehead atoms. The Morgan fingerprint density at radius 3 is 3.25 bits per heavy atom. The van der Waals surface area contributed by atoms with E-state index in [-0.39, 0.29) is 0 Å². The Morgan fingerprint density at radius 2 is 2.25 bits per heavy atom. The summed E-state index contributed by atoms with van der Waals surface area (Å²) in [4.78, 5) is 8.89. The van der Waals surface area contributed by atoms with E-state index in [0.29, 0.717) is 6.04 Å². The maximum absolute atomic E-state index is 4.52. The number of nitrogens with zero attached hydrogens (tertiary/aromatic N) is 2. The van der Waals surface area contributed by atoms with Gasteiger partial charge in [0.15, 0.2) is 0 Å². The van der Waals surface area contributed by atoms with Crippen LogP contribution in [0.2, 0.25) is 0 Å². The van der Waals surface area contributed by atoms with Crippen molar-refractivity contribution in [3.8, 4) is 0 Å². The van der Waals surface area contributed by atoms with Crippen LogP contribution < -0.4 is 5.32 Å². The number of aromatic nitrogens is 2. The summed E-state index contributed by atoms with van der Waals surface area (Å²) in [6.45, 7) is 0.869. The number of hydrogen-bond acceptors (Lipinski definition) is 4. The molecule has 2 aromatic heterocycles. The van der Waals surface area contributed by atoms with Gasteiger partial charge in [-0.25, -0.2) is 4.98 Å². The average Bonchev–Trinajstić information content (AvgIpc) is 3.11. The fraction of sp³-hybridized carbons (Fsp3) is 0.250. The van der Waals surface area contributed by atoms with Crippen molar-refractivity contribution in [1.82, 2.24) is 15.3 Å². The molecule has 2 heterocycles. The van der Waals surface area contributed by atoms with E-state index >= 15 is 0 Å². The van der Waals surface area contributed by atoms with Crippen molar-refractivity contribution in [2.24, 2.45) is 0 Å². The molecule has 20 heavy (non-hydrogen) atoms. The van der Waals surface area contributed by atoms with Gasteiger partial charge in [-0.3, -0.25) is 4.98 Å². The van der Waals surface area contributed by atoms with E-state index in [9.17, 15) is 0 Å². The highest BCUT2D eigenvalue weighted by atomic mass is 32.1. The predicted octanol–water partition coefficient (Wildman–Crippen LogP) is 3.47. The lowest BCUT2D eigenvalue weighted by atomic mass is 10.1. The van der Waals surface area contributed by atoms with Crippen LogP contribution >= 0.6 is 11.3 Å². The third kappa shape index (κ3) is 2.11. The first-order valence-electron chi connectivity index (χ1n) is 6.89. The maximum Gasteiger partial charge on any atom is 0.0815 e. The molecule has 0 saturated carbocycles. The van der Waals surface area contributed by atoms with E-state index in [4.69, 9.17) is 0 Å². The molecule has 0 radical (unpaired) electrons. The van der Waals surface area contributed by atoms with Gasteiger partial charge in [-0.1, -0.05) is 12.1 Å². The monoisotopic (exact) mass is 281 g/mol. The van der Waals surface area contributed by atoms with Crippen molar-refractivity contribution in [3.05, 3.63) is 58.9 Å². The quantitative estimate of drug-likeness (QED) is 0.799. The van der Waals surface area contributed by atoms with Gasteiger partial charge in [0.05, 0.1) is 27.5 Å². The highest BCUT2D eigenvalue weighted by Gasteiger charge is 2.22. The third-order valence-electron chi connectivity index (χ3n) is 3.91. The smallest absolute Gasteiger partial charge is 0.0815 e. The molecule has 1 unspecified atom stereocenters. The first-order chi connectivity index (χ1) is 9.90. The van der Waals surface area contributed by atoms with Crippen molar-refractivity contribution in [3.63, 3.8) is 0 Å². The normalized spacial score (nSPS) is 17.5. The highest BCUT2D eigenvalue weighted by Crippen LogP contribution is 2.29. The predicted molar refractivity (Wildman–Crippen MR) is 81.8 cm³/mol. The van der Waals surface area contributed by atoms with Crippen LogP contribution in [-0.2, 0) is 13.0 Å². The summed E-state index contributed by atoms with van der Waals surface area (Å²) in [6.07, 6.45) is 4.16. The molecule has 1 aliphatic carbocycles. The summed E-state index contributed by atoms with van der Waals surface area (Å²) in [5.74, 6) is 0. The van der Waals surface area contributed by atoms with E-state index in [1.165, 1.54) is 21.5 Å². The van der Waals surface area contributed by atoms with E-state index in [0.717, 1.165) is 24.9 Å². The van der Waals surface area contributed by atoms with Crippen LogP contribution in [0.25, 0.3) is 10.2 Å². The summed E-state index contributed by atoms with van der Waals surface area (Å²) >= 11 is 1.69. The van der Waals surface area contributed by atoms with Crippen molar-refractivity contribution in [1.29, 1.82) is 0 Å². The fourth-order valence-corrected chi connectivity index (χ4v) is 3.52. The van der Waals surface area contributed by atoms with Crippen LogP contribution in [0, 0.1) is 0 Å². The molecule has 1 N–H and O–H groups in total. The molecule has 100 valence electrons. The minimum atomic E-state index is 0.386. The zero-order chi connectivity index (χ0) is 13.4. The second-order valence-corrected chi connectivity index (χ2v) is 6.06.